The van der Waals surface area contributed by atoms with E-state index in [0.717, 1.165) is 26.4 Å². The molecule has 5 heterocycles. The fourth-order valence-corrected chi connectivity index (χ4v) is 5.86. The minimum absolute atomic E-state index is 0.0713. The van der Waals surface area contributed by atoms with Crippen LogP contribution >= 0.6 is 22.7 Å². The molecule has 0 spiro atoms. The van der Waals surface area contributed by atoms with E-state index in [4.69, 9.17) is 4.98 Å². The minimum atomic E-state index is -0.421. The van der Waals surface area contributed by atoms with Crippen molar-refractivity contribution in [2.45, 2.75) is 47.1 Å². The second-order valence-electron chi connectivity index (χ2n) is 8.45. The fraction of sp³-hybridized carbons (Fsp3) is 0.292. The third-order valence-electron chi connectivity index (χ3n) is 5.69. The van der Waals surface area contributed by atoms with E-state index >= 15 is 0 Å². The highest BCUT2D eigenvalue weighted by Gasteiger charge is 2.21. The Morgan fingerprint density at radius 2 is 1.94 bits per heavy atom. The minimum Gasteiger partial charge on any atom is -0.267 e. The normalized spacial score (nSPS) is 11.7. The van der Waals surface area contributed by atoms with Crippen molar-refractivity contribution in [2.75, 3.05) is 5.43 Å². The number of nitrogens with zero attached hydrogens (tertiary/aromatic N) is 5. The highest BCUT2D eigenvalue weighted by Crippen LogP contribution is 2.32. The van der Waals surface area contributed by atoms with E-state index < -0.39 is 5.91 Å². The van der Waals surface area contributed by atoms with Crippen LogP contribution in [-0.4, -0.2) is 30.3 Å². The predicted molar refractivity (Wildman–Crippen MR) is 138 cm³/mol. The summed E-state index contributed by atoms with van der Waals surface area (Å²) in [6.07, 6.45) is 3.84. The third kappa shape index (κ3) is 3.72. The number of hydrogen-bond acceptors (Lipinski definition) is 7. The molecule has 174 valence electrons. The average molecular weight is 493 g/mol. The highest BCUT2D eigenvalue weighted by atomic mass is 32.1. The fourth-order valence-electron chi connectivity index (χ4n) is 4.00. The number of carbonyl (C=O) groups is 1. The summed E-state index contributed by atoms with van der Waals surface area (Å²) in [5.41, 5.74) is 5.14. The average Bonchev–Trinajstić information content (AvgIpc) is 3.51. The van der Waals surface area contributed by atoms with E-state index in [2.05, 4.69) is 28.5 Å². The van der Waals surface area contributed by atoms with Crippen molar-refractivity contribution >= 4 is 49.8 Å². The second-order valence-corrected chi connectivity index (χ2v) is 11.0. The van der Waals surface area contributed by atoms with E-state index in [1.165, 1.54) is 22.5 Å². The number of fused-ring (bicyclic) bond motifs is 2. The topological polar surface area (TPSA) is 94.7 Å². The molecular formula is C24H24N6O2S2. The van der Waals surface area contributed by atoms with E-state index in [1.54, 1.807) is 23.6 Å². The zero-order chi connectivity index (χ0) is 24.1. The molecular weight excluding hydrogens is 468 g/mol. The van der Waals surface area contributed by atoms with Crippen LogP contribution in [0.4, 0.5) is 0 Å². The van der Waals surface area contributed by atoms with Crippen molar-refractivity contribution < 1.29 is 4.79 Å². The van der Waals surface area contributed by atoms with Crippen LogP contribution < -0.4 is 11.0 Å². The zero-order valence-corrected chi connectivity index (χ0v) is 21.2. The monoisotopic (exact) mass is 492 g/mol. The lowest BCUT2D eigenvalue weighted by Gasteiger charge is -2.12. The Hall–Kier alpha value is -3.37. The number of rotatable bonds is 5. The molecule has 5 aromatic rings. The van der Waals surface area contributed by atoms with Crippen molar-refractivity contribution in [3.05, 3.63) is 61.3 Å². The Morgan fingerprint density at radius 3 is 2.62 bits per heavy atom. The smallest absolute Gasteiger partial charge is 0.267 e. The van der Waals surface area contributed by atoms with Gasteiger partial charge in [0, 0.05) is 26.2 Å². The highest BCUT2D eigenvalue weighted by molar-refractivity contribution is 7.18. The van der Waals surface area contributed by atoms with Crippen LogP contribution in [0.2, 0.25) is 0 Å². The first kappa shape index (κ1) is 22.4. The first-order chi connectivity index (χ1) is 16.3. The van der Waals surface area contributed by atoms with Gasteiger partial charge >= 0.3 is 0 Å². The Bertz CT molecular complexity index is 1620. The molecule has 1 N–H and O–H groups in total. The van der Waals surface area contributed by atoms with E-state index in [9.17, 15) is 9.59 Å². The van der Waals surface area contributed by atoms with Crippen molar-refractivity contribution in [3.63, 3.8) is 0 Å². The van der Waals surface area contributed by atoms with Gasteiger partial charge in [-0.2, -0.15) is 5.10 Å². The van der Waals surface area contributed by atoms with Gasteiger partial charge in [-0.25, -0.2) is 19.3 Å². The molecule has 0 aliphatic carbocycles. The number of aromatic nitrogens is 5. The van der Waals surface area contributed by atoms with E-state index in [-0.39, 0.29) is 11.6 Å². The van der Waals surface area contributed by atoms with Gasteiger partial charge in [-0.3, -0.25) is 15.0 Å². The quantitative estimate of drug-likeness (QED) is 0.369. The van der Waals surface area contributed by atoms with Crippen LogP contribution in [0.3, 0.4) is 0 Å². The predicted octanol–water partition coefficient (Wildman–Crippen LogP) is 5.08. The van der Waals surface area contributed by atoms with E-state index in [0.29, 0.717) is 32.5 Å². The second kappa shape index (κ2) is 8.44. The molecule has 0 fully saturated rings. The zero-order valence-electron chi connectivity index (χ0n) is 19.5. The molecule has 34 heavy (non-hydrogen) atoms. The Kier molecular flexibility index (Phi) is 5.57. The largest absolute Gasteiger partial charge is 0.280 e. The summed E-state index contributed by atoms with van der Waals surface area (Å²) in [5, 5.41) is 5.61. The summed E-state index contributed by atoms with van der Waals surface area (Å²) in [7, 11) is 0. The van der Waals surface area contributed by atoms with Gasteiger partial charge in [0.1, 0.15) is 11.2 Å². The van der Waals surface area contributed by atoms with Crippen LogP contribution in [0.5, 0.6) is 0 Å². The molecule has 0 saturated heterocycles. The first-order valence-corrected chi connectivity index (χ1v) is 12.7. The van der Waals surface area contributed by atoms with Crippen molar-refractivity contribution in [1.82, 2.24) is 24.4 Å². The molecule has 1 amide bonds. The number of aryl methyl sites for hydroxylation is 3. The SMILES string of the molecule is CCc1cc2c(=O)n(NC(=O)c3cc(-c4cc(C)sc4C)nc4c3cnn4C(C)C)cnc2s1. The summed E-state index contributed by atoms with van der Waals surface area (Å²) in [6.45, 7) is 10.2. The maximum absolute atomic E-state index is 13.5. The van der Waals surface area contributed by atoms with Crippen molar-refractivity contribution in [2.24, 2.45) is 0 Å². The van der Waals surface area contributed by atoms with Crippen molar-refractivity contribution in [3.8, 4) is 11.3 Å². The maximum Gasteiger partial charge on any atom is 0.280 e. The maximum atomic E-state index is 13.5. The molecule has 5 aromatic heterocycles. The van der Waals surface area contributed by atoms with Gasteiger partial charge in [-0.1, -0.05) is 6.92 Å². The molecule has 5 rings (SSSR count). The summed E-state index contributed by atoms with van der Waals surface area (Å²) >= 11 is 3.18. The molecule has 0 saturated carbocycles. The summed E-state index contributed by atoms with van der Waals surface area (Å²) < 4.78 is 2.96. The molecule has 0 aromatic carbocycles. The molecule has 0 aliphatic heterocycles. The van der Waals surface area contributed by atoms with Crippen molar-refractivity contribution in [1.29, 1.82) is 0 Å². The Balaban J connectivity index is 1.63. The molecule has 0 unspecified atom stereocenters. The number of nitrogens with one attached hydrogen (secondary N) is 1. The van der Waals surface area contributed by atoms with Crippen LogP contribution in [0.15, 0.2) is 35.5 Å². The summed E-state index contributed by atoms with van der Waals surface area (Å²) in [5.74, 6) is -0.421. The van der Waals surface area contributed by atoms with Crippen LogP contribution in [0, 0.1) is 13.8 Å². The third-order valence-corrected chi connectivity index (χ3v) is 7.84. The number of hydrogen-bond donors (Lipinski definition) is 1. The van der Waals surface area contributed by atoms with Gasteiger partial charge in [0.05, 0.1) is 28.2 Å². The molecule has 0 bridgehead atoms. The lowest BCUT2D eigenvalue weighted by Crippen LogP contribution is -2.33. The van der Waals surface area contributed by atoms with E-state index in [1.807, 2.05) is 38.4 Å². The lowest BCUT2D eigenvalue weighted by molar-refractivity contribution is 0.101. The van der Waals surface area contributed by atoms with Gasteiger partial charge in [-0.05, 0) is 52.3 Å². The van der Waals surface area contributed by atoms with Crippen LogP contribution in [-0.2, 0) is 6.42 Å². The number of pyridine rings is 1. The molecule has 0 aliphatic rings. The Labute approximate surface area is 203 Å². The van der Waals surface area contributed by atoms with Gasteiger partial charge in [0.25, 0.3) is 11.5 Å². The van der Waals surface area contributed by atoms with Gasteiger partial charge in [0.15, 0.2) is 5.65 Å². The summed E-state index contributed by atoms with van der Waals surface area (Å²) in [6, 6.07) is 5.77. The Morgan fingerprint density at radius 1 is 1.15 bits per heavy atom. The first-order valence-electron chi connectivity index (χ1n) is 11.0. The number of carbonyl (C=O) groups excluding carboxylic acids is 1. The molecule has 0 atom stereocenters. The van der Waals surface area contributed by atoms with Crippen LogP contribution in [0.25, 0.3) is 32.5 Å². The van der Waals surface area contributed by atoms with Gasteiger partial charge in [-0.15, -0.1) is 22.7 Å². The number of thiophene rings is 2. The molecule has 0 radical (unpaired) electrons. The standard InChI is InChI=1S/C24H24N6O2S2/c1-6-15-8-18-23(34-15)25-11-29(24(18)32)28-22(31)17-9-20(16-7-13(4)33-14(16)5)27-21-19(17)10-26-30(21)12(2)3/h7-12H,6H2,1-5H3,(H,28,31). The molecule has 10 heteroatoms. The summed E-state index contributed by atoms with van der Waals surface area (Å²) in [4.78, 5) is 39.8. The number of amides is 1. The van der Waals surface area contributed by atoms with Gasteiger partial charge < -0.3 is 0 Å². The lowest BCUT2D eigenvalue weighted by atomic mass is 10.1. The molecule has 8 nitrogen and oxygen atoms in total. The van der Waals surface area contributed by atoms with Gasteiger partial charge in [0.2, 0.25) is 0 Å². The van der Waals surface area contributed by atoms with Crippen LogP contribution in [0.1, 0.15) is 51.8 Å².